The Labute approximate surface area is 112 Å². The van der Waals surface area contributed by atoms with Crippen LogP contribution in [0.15, 0.2) is 41.2 Å². The van der Waals surface area contributed by atoms with Crippen molar-refractivity contribution in [1.82, 2.24) is 9.97 Å². The minimum absolute atomic E-state index is 0.110. The van der Waals surface area contributed by atoms with Crippen molar-refractivity contribution in [3.8, 4) is 0 Å². The molecule has 1 atom stereocenters. The molecule has 0 bridgehead atoms. The van der Waals surface area contributed by atoms with Crippen LogP contribution in [0.25, 0.3) is 0 Å². The third-order valence-electron chi connectivity index (χ3n) is 2.90. The van der Waals surface area contributed by atoms with E-state index in [0.717, 1.165) is 12.8 Å². The number of hydrogen-bond donors (Lipinski definition) is 2. The van der Waals surface area contributed by atoms with Gasteiger partial charge in [-0.15, -0.1) is 0 Å². The molecular formula is C15H19N3O. The highest BCUT2D eigenvalue weighted by Gasteiger charge is 2.06. The molecule has 0 aliphatic heterocycles. The SMILES string of the molecule is CCc1nc(NC(C)Cc2ccccc2)cc(=O)[nH]1. The number of rotatable bonds is 5. The van der Waals surface area contributed by atoms with Crippen LogP contribution in [0.3, 0.4) is 0 Å². The molecule has 4 nitrogen and oxygen atoms in total. The lowest BCUT2D eigenvalue weighted by molar-refractivity contribution is 0.778. The van der Waals surface area contributed by atoms with Gasteiger partial charge in [0.25, 0.3) is 5.56 Å². The fourth-order valence-corrected chi connectivity index (χ4v) is 2.02. The number of anilines is 1. The summed E-state index contributed by atoms with van der Waals surface area (Å²) in [7, 11) is 0. The van der Waals surface area contributed by atoms with E-state index in [0.29, 0.717) is 11.6 Å². The van der Waals surface area contributed by atoms with Crippen LogP contribution < -0.4 is 10.9 Å². The molecule has 1 aromatic carbocycles. The van der Waals surface area contributed by atoms with E-state index in [-0.39, 0.29) is 11.6 Å². The number of nitrogens with one attached hydrogen (secondary N) is 2. The van der Waals surface area contributed by atoms with Gasteiger partial charge < -0.3 is 10.3 Å². The molecule has 0 aliphatic rings. The van der Waals surface area contributed by atoms with Crippen LogP contribution in [0.4, 0.5) is 5.82 Å². The van der Waals surface area contributed by atoms with Crippen LogP contribution in [-0.2, 0) is 12.8 Å². The minimum atomic E-state index is -0.110. The summed E-state index contributed by atoms with van der Waals surface area (Å²) in [5.74, 6) is 1.35. The topological polar surface area (TPSA) is 57.8 Å². The summed E-state index contributed by atoms with van der Waals surface area (Å²) in [6.45, 7) is 4.05. The number of benzene rings is 1. The highest BCUT2D eigenvalue weighted by molar-refractivity contribution is 5.34. The summed E-state index contributed by atoms with van der Waals surface area (Å²) in [6.07, 6.45) is 1.62. The first-order valence-electron chi connectivity index (χ1n) is 6.58. The van der Waals surface area contributed by atoms with Crippen molar-refractivity contribution in [2.45, 2.75) is 32.7 Å². The summed E-state index contributed by atoms with van der Waals surface area (Å²) in [6, 6.07) is 12.0. The highest BCUT2D eigenvalue weighted by atomic mass is 16.1. The molecule has 1 unspecified atom stereocenters. The largest absolute Gasteiger partial charge is 0.367 e. The summed E-state index contributed by atoms with van der Waals surface area (Å²) in [5.41, 5.74) is 1.16. The Morgan fingerprint density at radius 1 is 1.32 bits per heavy atom. The Kier molecular flexibility index (Phi) is 4.34. The second-order valence-corrected chi connectivity index (χ2v) is 4.67. The predicted octanol–water partition coefficient (Wildman–Crippen LogP) is 2.38. The lowest BCUT2D eigenvalue weighted by Gasteiger charge is -2.14. The number of aromatic nitrogens is 2. The van der Waals surface area contributed by atoms with Gasteiger partial charge in [0, 0.05) is 18.5 Å². The normalized spacial score (nSPS) is 12.1. The maximum absolute atomic E-state index is 11.5. The van der Waals surface area contributed by atoms with Crippen molar-refractivity contribution in [2.24, 2.45) is 0 Å². The predicted molar refractivity (Wildman–Crippen MR) is 77.5 cm³/mol. The third kappa shape index (κ3) is 3.95. The molecule has 1 aromatic heterocycles. The third-order valence-corrected chi connectivity index (χ3v) is 2.90. The van der Waals surface area contributed by atoms with Crippen molar-refractivity contribution in [2.75, 3.05) is 5.32 Å². The molecule has 0 saturated carbocycles. The first-order chi connectivity index (χ1) is 9.17. The first-order valence-corrected chi connectivity index (χ1v) is 6.58. The van der Waals surface area contributed by atoms with Gasteiger partial charge in [0.2, 0.25) is 0 Å². The minimum Gasteiger partial charge on any atom is -0.367 e. The van der Waals surface area contributed by atoms with Crippen LogP contribution in [0.5, 0.6) is 0 Å². The Balaban J connectivity index is 2.04. The maximum atomic E-state index is 11.5. The number of hydrogen-bond acceptors (Lipinski definition) is 3. The fourth-order valence-electron chi connectivity index (χ4n) is 2.02. The molecule has 1 heterocycles. The zero-order chi connectivity index (χ0) is 13.7. The number of nitrogens with zero attached hydrogens (tertiary/aromatic N) is 1. The van der Waals surface area contributed by atoms with E-state index in [2.05, 4.69) is 34.3 Å². The molecule has 100 valence electrons. The second-order valence-electron chi connectivity index (χ2n) is 4.67. The molecule has 2 N–H and O–H groups in total. The van der Waals surface area contributed by atoms with Gasteiger partial charge in [-0.3, -0.25) is 4.79 Å². The summed E-state index contributed by atoms with van der Waals surface area (Å²) < 4.78 is 0. The van der Waals surface area contributed by atoms with Crippen molar-refractivity contribution < 1.29 is 0 Å². The highest BCUT2D eigenvalue weighted by Crippen LogP contribution is 2.07. The van der Waals surface area contributed by atoms with Gasteiger partial charge in [-0.2, -0.15) is 0 Å². The van der Waals surface area contributed by atoms with Gasteiger partial charge in [0.15, 0.2) is 0 Å². The van der Waals surface area contributed by atoms with Gasteiger partial charge >= 0.3 is 0 Å². The van der Waals surface area contributed by atoms with E-state index < -0.39 is 0 Å². The monoisotopic (exact) mass is 257 g/mol. The molecule has 0 spiro atoms. The van der Waals surface area contributed by atoms with Crippen molar-refractivity contribution in [1.29, 1.82) is 0 Å². The molecule has 0 amide bonds. The van der Waals surface area contributed by atoms with Crippen LogP contribution in [-0.4, -0.2) is 16.0 Å². The zero-order valence-corrected chi connectivity index (χ0v) is 11.3. The Morgan fingerprint density at radius 3 is 2.74 bits per heavy atom. The Morgan fingerprint density at radius 2 is 2.05 bits per heavy atom. The van der Waals surface area contributed by atoms with Crippen LogP contribution in [0.2, 0.25) is 0 Å². The van der Waals surface area contributed by atoms with E-state index >= 15 is 0 Å². The Hall–Kier alpha value is -2.10. The second kappa shape index (κ2) is 6.18. The number of aryl methyl sites for hydroxylation is 1. The standard InChI is InChI=1S/C15H19N3O/c1-3-13-17-14(10-15(19)18-13)16-11(2)9-12-7-5-4-6-8-12/h4-8,10-11H,3,9H2,1-2H3,(H2,16,17,18,19). The van der Waals surface area contributed by atoms with Crippen LogP contribution in [0, 0.1) is 0 Å². The van der Waals surface area contributed by atoms with E-state index in [9.17, 15) is 4.79 Å². The zero-order valence-electron chi connectivity index (χ0n) is 11.3. The number of H-pyrrole nitrogens is 1. The Bertz CT molecular complexity index is 577. The van der Waals surface area contributed by atoms with E-state index in [1.54, 1.807) is 0 Å². The van der Waals surface area contributed by atoms with E-state index in [1.807, 2.05) is 25.1 Å². The van der Waals surface area contributed by atoms with Gasteiger partial charge in [-0.05, 0) is 18.9 Å². The van der Waals surface area contributed by atoms with E-state index in [1.165, 1.54) is 11.6 Å². The molecule has 0 saturated heterocycles. The molecule has 4 heteroatoms. The summed E-state index contributed by atoms with van der Waals surface area (Å²) >= 11 is 0. The van der Waals surface area contributed by atoms with Crippen LogP contribution in [0.1, 0.15) is 25.2 Å². The number of aromatic amines is 1. The van der Waals surface area contributed by atoms with Gasteiger partial charge in [0.1, 0.15) is 11.6 Å². The average Bonchev–Trinajstić information content (AvgIpc) is 2.38. The summed E-state index contributed by atoms with van der Waals surface area (Å²) in [5, 5.41) is 3.27. The lowest BCUT2D eigenvalue weighted by atomic mass is 10.1. The molecule has 19 heavy (non-hydrogen) atoms. The molecule has 2 rings (SSSR count). The maximum Gasteiger partial charge on any atom is 0.252 e. The van der Waals surface area contributed by atoms with E-state index in [4.69, 9.17) is 0 Å². The smallest absolute Gasteiger partial charge is 0.252 e. The molecule has 0 fully saturated rings. The first kappa shape index (κ1) is 13.3. The molecular weight excluding hydrogens is 238 g/mol. The van der Waals surface area contributed by atoms with Crippen molar-refractivity contribution in [3.63, 3.8) is 0 Å². The van der Waals surface area contributed by atoms with Crippen molar-refractivity contribution in [3.05, 3.63) is 58.1 Å². The molecule has 0 radical (unpaired) electrons. The quantitative estimate of drug-likeness (QED) is 0.864. The molecule has 2 aromatic rings. The fraction of sp³-hybridized carbons (Fsp3) is 0.333. The average molecular weight is 257 g/mol. The van der Waals surface area contributed by atoms with Gasteiger partial charge in [-0.25, -0.2) is 4.98 Å². The molecule has 0 aliphatic carbocycles. The van der Waals surface area contributed by atoms with Gasteiger partial charge in [-0.1, -0.05) is 37.3 Å². The summed E-state index contributed by atoms with van der Waals surface area (Å²) in [4.78, 5) is 18.6. The van der Waals surface area contributed by atoms with Gasteiger partial charge in [0.05, 0.1) is 0 Å². The van der Waals surface area contributed by atoms with Crippen LogP contribution >= 0.6 is 0 Å². The lowest BCUT2D eigenvalue weighted by Crippen LogP contribution is -2.21. The van der Waals surface area contributed by atoms with Crippen molar-refractivity contribution >= 4 is 5.82 Å².